The molecule has 0 fully saturated rings. The van der Waals surface area contributed by atoms with Gasteiger partial charge < -0.3 is 4.42 Å². The first-order valence-corrected chi connectivity index (χ1v) is 15.5. The zero-order chi connectivity index (χ0) is 30.2. The van der Waals surface area contributed by atoms with Crippen LogP contribution in [0.3, 0.4) is 0 Å². The van der Waals surface area contributed by atoms with Gasteiger partial charge in [0.05, 0.1) is 22.1 Å². The average molecular weight is 588 g/mol. The Kier molecular flexibility index (Phi) is 5.25. The number of para-hydroxylation sites is 2. The summed E-state index contributed by atoms with van der Waals surface area (Å²) in [5.74, 6) is 0.789. The molecule has 0 radical (unpaired) electrons. The summed E-state index contributed by atoms with van der Waals surface area (Å²) in [6.45, 7) is 0. The van der Waals surface area contributed by atoms with Crippen molar-refractivity contribution in [2.45, 2.75) is 0 Å². The Bertz CT molecular complexity index is 2810. The van der Waals surface area contributed by atoms with Crippen molar-refractivity contribution in [3.05, 3.63) is 152 Å². The Morgan fingerprint density at radius 1 is 0.413 bits per heavy atom. The molecule has 0 saturated carbocycles. The van der Waals surface area contributed by atoms with Crippen LogP contribution in [0, 0.1) is 0 Å². The minimum Gasteiger partial charge on any atom is -0.456 e. The van der Waals surface area contributed by atoms with Crippen molar-refractivity contribution in [1.29, 1.82) is 0 Å². The highest BCUT2D eigenvalue weighted by atomic mass is 16.3. The van der Waals surface area contributed by atoms with Crippen molar-refractivity contribution in [2.24, 2.45) is 0 Å². The summed E-state index contributed by atoms with van der Waals surface area (Å²) in [6.07, 6.45) is 0. The molecule has 0 bridgehead atoms. The summed E-state index contributed by atoms with van der Waals surface area (Å²) in [5.41, 5.74) is 9.59. The van der Waals surface area contributed by atoms with E-state index in [4.69, 9.17) is 14.4 Å². The third-order valence-corrected chi connectivity index (χ3v) is 9.16. The van der Waals surface area contributed by atoms with Gasteiger partial charge in [-0.2, -0.15) is 0 Å². The molecule has 0 N–H and O–H groups in total. The summed E-state index contributed by atoms with van der Waals surface area (Å²) in [7, 11) is 0. The third-order valence-electron chi connectivity index (χ3n) is 9.16. The van der Waals surface area contributed by atoms with Crippen LogP contribution in [-0.4, -0.2) is 14.5 Å². The van der Waals surface area contributed by atoms with Crippen LogP contribution in [0.4, 0.5) is 0 Å². The second-order valence-electron chi connectivity index (χ2n) is 11.8. The molecule has 214 valence electrons. The van der Waals surface area contributed by atoms with Crippen LogP contribution in [0.2, 0.25) is 0 Å². The lowest BCUT2D eigenvalue weighted by Gasteiger charge is -2.14. The van der Waals surface area contributed by atoms with Gasteiger partial charge in [-0.3, -0.25) is 4.57 Å². The summed E-state index contributed by atoms with van der Waals surface area (Å²) >= 11 is 0. The van der Waals surface area contributed by atoms with Crippen LogP contribution < -0.4 is 0 Å². The van der Waals surface area contributed by atoms with Crippen molar-refractivity contribution in [1.82, 2.24) is 14.5 Å². The average Bonchev–Trinajstić information content (AvgIpc) is 3.65. The van der Waals surface area contributed by atoms with Crippen LogP contribution in [0.5, 0.6) is 0 Å². The van der Waals surface area contributed by atoms with Gasteiger partial charge in [0.25, 0.3) is 0 Å². The van der Waals surface area contributed by atoms with Gasteiger partial charge >= 0.3 is 0 Å². The lowest BCUT2D eigenvalue weighted by Crippen LogP contribution is -2.04. The number of nitrogens with zero attached hydrogens (tertiary/aromatic N) is 3. The maximum absolute atomic E-state index is 6.34. The molecule has 3 aromatic heterocycles. The van der Waals surface area contributed by atoms with Crippen LogP contribution in [0.1, 0.15) is 0 Å². The molecule has 3 heterocycles. The Morgan fingerprint density at radius 3 is 2.02 bits per heavy atom. The van der Waals surface area contributed by atoms with Gasteiger partial charge in [0, 0.05) is 27.1 Å². The standard InChI is InChI=1S/C42H25N3O/c1-2-10-26(11-3-1)29-19-21-35-36(23-29)43-41(30-18-20-33-32-15-7-9-17-39(32)46-40(33)25-30)42(44-35)45-37-16-8-6-14-31(37)34-22-27-12-4-5-13-28(27)24-38(34)45/h1-25H. The van der Waals surface area contributed by atoms with Crippen LogP contribution in [0.15, 0.2) is 156 Å². The molecule has 0 aliphatic carbocycles. The molecule has 0 saturated heterocycles. The number of fused-ring (bicyclic) bond motifs is 8. The van der Waals surface area contributed by atoms with E-state index in [-0.39, 0.29) is 0 Å². The van der Waals surface area contributed by atoms with Crippen LogP contribution >= 0.6 is 0 Å². The number of hydrogen-bond donors (Lipinski definition) is 0. The molecule has 0 aliphatic heterocycles. The molecular weight excluding hydrogens is 562 g/mol. The van der Waals surface area contributed by atoms with Crippen molar-refractivity contribution in [2.75, 3.05) is 0 Å². The number of rotatable bonds is 3. The first-order valence-electron chi connectivity index (χ1n) is 15.5. The van der Waals surface area contributed by atoms with Gasteiger partial charge in [0.1, 0.15) is 16.9 Å². The highest BCUT2D eigenvalue weighted by molar-refractivity contribution is 6.14. The van der Waals surface area contributed by atoms with Gasteiger partial charge in [0.15, 0.2) is 5.82 Å². The molecule has 0 atom stereocenters. The van der Waals surface area contributed by atoms with E-state index in [0.29, 0.717) is 0 Å². The molecule has 10 rings (SSSR count). The highest BCUT2D eigenvalue weighted by Gasteiger charge is 2.21. The maximum atomic E-state index is 6.34. The molecule has 10 aromatic rings. The van der Waals surface area contributed by atoms with Gasteiger partial charge in [0.2, 0.25) is 0 Å². The van der Waals surface area contributed by atoms with E-state index in [1.165, 1.54) is 21.5 Å². The predicted octanol–water partition coefficient (Wildman–Crippen LogP) is 11.1. The number of hydrogen-bond acceptors (Lipinski definition) is 3. The van der Waals surface area contributed by atoms with E-state index >= 15 is 0 Å². The first-order chi connectivity index (χ1) is 22.8. The van der Waals surface area contributed by atoms with E-state index in [9.17, 15) is 0 Å². The molecule has 7 aromatic carbocycles. The summed E-state index contributed by atoms with van der Waals surface area (Å²) < 4.78 is 8.63. The fraction of sp³-hybridized carbons (Fsp3) is 0. The van der Waals surface area contributed by atoms with Gasteiger partial charge in [-0.15, -0.1) is 0 Å². The summed E-state index contributed by atoms with van der Waals surface area (Å²) in [6, 6.07) is 53.1. The second-order valence-corrected chi connectivity index (χ2v) is 11.8. The van der Waals surface area contributed by atoms with E-state index in [1.54, 1.807) is 0 Å². The van der Waals surface area contributed by atoms with Crippen molar-refractivity contribution in [3.63, 3.8) is 0 Å². The smallest absolute Gasteiger partial charge is 0.165 e. The summed E-state index contributed by atoms with van der Waals surface area (Å²) in [4.78, 5) is 10.8. The topological polar surface area (TPSA) is 43.9 Å². The van der Waals surface area contributed by atoms with Crippen molar-refractivity contribution >= 4 is 65.6 Å². The molecule has 0 amide bonds. The highest BCUT2D eigenvalue weighted by Crippen LogP contribution is 2.39. The lowest BCUT2D eigenvalue weighted by molar-refractivity contribution is 0.669. The quantitative estimate of drug-likeness (QED) is 0.207. The maximum Gasteiger partial charge on any atom is 0.165 e. The summed E-state index contributed by atoms with van der Waals surface area (Å²) in [5, 5.41) is 6.97. The lowest BCUT2D eigenvalue weighted by atomic mass is 10.0. The zero-order valence-electron chi connectivity index (χ0n) is 24.7. The van der Waals surface area contributed by atoms with Crippen LogP contribution in [-0.2, 0) is 0 Å². The Labute approximate surface area is 263 Å². The molecule has 0 aliphatic rings. The first kappa shape index (κ1) is 25.1. The Hall–Kier alpha value is -6.26. The Balaban J connectivity index is 1.31. The zero-order valence-corrected chi connectivity index (χ0v) is 24.7. The van der Waals surface area contributed by atoms with E-state index in [1.807, 2.05) is 18.2 Å². The number of furan rings is 1. The number of benzene rings is 7. The minimum atomic E-state index is 0.789. The van der Waals surface area contributed by atoms with Crippen molar-refractivity contribution in [3.8, 4) is 28.2 Å². The molecule has 4 nitrogen and oxygen atoms in total. The fourth-order valence-electron chi connectivity index (χ4n) is 6.96. The largest absolute Gasteiger partial charge is 0.456 e. The van der Waals surface area contributed by atoms with E-state index in [0.717, 1.165) is 72.2 Å². The van der Waals surface area contributed by atoms with E-state index in [2.05, 4.69) is 138 Å². The molecule has 46 heavy (non-hydrogen) atoms. The minimum absolute atomic E-state index is 0.789. The van der Waals surface area contributed by atoms with Gasteiger partial charge in [-0.05, 0) is 70.4 Å². The molecule has 0 spiro atoms. The number of aromatic nitrogens is 3. The Morgan fingerprint density at radius 2 is 1.13 bits per heavy atom. The molecule has 0 unspecified atom stereocenters. The van der Waals surface area contributed by atoms with Crippen LogP contribution in [0.25, 0.3) is 93.8 Å². The van der Waals surface area contributed by atoms with Gasteiger partial charge in [-0.25, -0.2) is 9.97 Å². The van der Waals surface area contributed by atoms with E-state index < -0.39 is 0 Å². The monoisotopic (exact) mass is 587 g/mol. The fourth-order valence-corrected chi connectivity index (χ4v) is 6.96. The van der Waals surface area contributed by atoms with Gasteiger partial charge in [-0.1, -0.05) is 103 Å². The SMILES string of the molecule is c1ccc(-c2ccc3nc(-n4c5ccccc5c5cc6ccccc6cc54)c(-c4ccc5c(c4)oc4ccccc45)nc3c2)cc1. The molecule has 4 heteroatoms. The molecular formula is C42H25N3O. The third kappa shape index (κ3) is 3.74. The predicted molar refractivity (Wildman–Crippen MR) is 190 cm³/mol. The second kappa shape index (κ2) is 9.62. The normalized spacial score (nSPS) is 11.9. The van der Waals surface area contributed by atoms with Crippen molar-refractivity contribution < 1.29 is 4.42 Å².